The lowest BCUT2D eigenvalue weighted by atomic mass is 9.93. The van der Waals surface area contributed by atoms with E-state index in [-0.39, 0.29) is 11.8 Å². The molecule has 0 saturated heterocycles. The van der Waals surface area contributed by atoms with E-state index >= 15 is 0 Å². The summed E-state index contributed by atoms with van der Waals surface area (Å²) in [5.74, 6) is -0.617. The standard InChI is InChI=1S/C22H18ClNO2/c1-2-3-5-14-8-10-15(11-9-14)24-21(25)17-7-4-6-16-19(23)13-12-18(20(16)17)22(24)26/h4,6-13H,2-3,5H2,1H3. The highest BCUT2D eigenvalue weighted by atomic mass is 35.5. The van der Waals surface area contributed by atoms with Crippen molar-refractivity contribution in [3.05, 3.63) is 76.3 Å². The van der Waals surface area contributed by atoms with Gasteiger partial charge >= 0.3 is 0 Å². The molecule has 2 amide bonds. The molecule has 4 heteroatoms. The van der Waals surface area contributed by atoms with Crippen molar-refractivity contribution in [1.82, 2.24) is 0 Å². The van der Waals surface area contributed by atoms with E-state index in [2.05, 4.69) is 6.92 Å². The summed E-state index contributed by atoms with van der Waals surface area (Å²) < 4.78 is 0. The molecule has 1 heterocycles. The molecule has 0 saturated carbocycles. The highest BCUT2D eigenvalue weighted by Crippen LogP contribution is 2.35. The SMILES string of the molecule is CCCCc1ccc(N2C(=O)c3cccc4c(Cl)ccc(c34)C2=O)cc1. The molecule has 0 fully saturated rings. The molecule has 0 aliphatic carbocycles. The molecular formula is C22H18ClNO2. The highest BCUT2D eigenvalue weighted by Gasteiger charge is 2.34. The number of hydrogen-bond acceptors (Lipinski definition) is 2. The quantitative estimate of drug-likeness (QED) is 0.563. The molecule has 130 valence electrons. The Kier molecular flexibility index (Phi) is 4.25. The Morgan fingerprint density at radius 3 is 2.27 bits per heavy atom. The zero-order valence-electron chi connectivity index (χ0n) is 14.5. The molecule has 1 aliphatic rings. The van der Waals surface area contributed by atoms with Gasteiger partial charge in [0.2, 0.25) is 0 Å². The van der Waals surface area contributed by atoms with Gasteiger partial charge in [-0.1, -0.05) is 49.2 Å². The number of halogens is 1. The van der Waals surface area contributed by atoms with Gasteiger partial charge in [0.1, 0.15) is 0 Å². The lowest BCUT2D eigenvalue weighted by molar-refractivity contribution is 0.0893. The van der Waals surface area contributed by atoms with Crippen molar-refractivity contribution in [2.45, 2.75) is 26.2 Å². The second-order valence-electron chi connectivity index (χ2n) is 6.54. The molecule has 0 spiro atoms. The van der Waals surface area contributed by atoms with Crippen LogP contribution in [-0.2, 0) is 6.42 Å². The number of hydrogen-bond donors (Lipinski definition) is 0. The van der Waals surface area contributed by atoms with Gasteiger partial charge in [0.15, 0.2) is 0 Å². The first-order valence-electron chi connectivity index (χ1n) is 8.80. The molecule has 0 atom stereocenters. The third kappa shape index (κ3) is 2.60. The van der Waals surface area contributed by atoms with E-state index in [1.165, 1.54) is 10.5 Å². The molecule has 4 rings (SSSR count). The average molecular weight is 364 g/mol. The number of aryl methyl sites for hydroxylation is 1. The molecule has 0 unspecified atom stereocenters. The topological polar surface area (TPSA) is 37.4 Å². The van der Waals surface area contributed by atoms with E-state index in [4.69, 9.17) is 11.6 Å². The van der Waals surface area contributed by atoms with Gasteiger partial charge in [0.05, 0.1) is 5.69 Å². The number of carbonyl (C=O) groups is 2. The largest absolute Gasteiger partial charge is 0.268 e. The van der Waals surface area contributed by atoms with Crippen molar-refractivity contribution >= 4 is 39.9 Å². The summed E-state index contributed by atoms with van der Waals surface area (Å²) in [7, 11) is 0. The zero-order valence-corrected chi connectivity index (χ0v) is 15.2. The second kappa shape index (κ2) is 6.58. The Bertz CT molecular complexity index is 1000. The first-order chi connectivity index (χ1) is 12.6. The van der Waals surface area contributed by atoms with Crippen molar-refractivity contribution in [2.24, 2.45) is 0 Å². The lowest BCUT2D eigenvalue weighted by Gasteiger charge is -2.27. The summed E-state index contributed by atoms with van der Waals surface area (Å²) in [6.45, 7) is 2.16. The fourth-order valence-corrected chi connectivity index (χ4v) is 3.71. The van der Waals surface area contributed by atoms with E-state index in [0.29, 0.717) is 27.2 Å². The van der Waals surface area contributed by atoms with Crippen LogP contribution in [0.15, 0.2) is 54.6 Å². The van der Waals surface area contributed by atoms with Gasteiger partial charge in [-0.05, 0) is 48.7 Å². The fourth-order valence-electron chi connectivity index (χ4n) is 3.49. The molecule has 26 heavy (non-hydrogen) atoms. The minimum absolute atomic E-state index is 0.309. The molecule has 3 nitrogen and oxygen atoms in total. The summed E-state index contributed by atoms with van der Waals surface area (Å²) in [6, 6.07) is 16.5. The van der Waals surface area contributed by atoms with E-state index in [1.807, 2.05) is 30.3 Å². The van der Waals surface area contributed by atoms with E-state index in [1.54, 1.807) is 24.3 Å². The van der Waals surface area contributed by atoms with Crippen LogP contribution in [-0.4, -0.2) is 11.8 Å². The van der Waals surface area contributed by atoms with Crippen molar-refractivity contribution in [2.75, 3.05) is 4.90 Å². The van der Waals surface area contributed by atoms with Gasteiger partial charge in [-0.3, -0.25) is 9.59 Å². The summed E-state index contributed by atoms with van der Waals surface area (Å²) in [6.07, 6.45) is 3.25. The van der Waals surface area contributed by atoms with E-state index in [0.717, 1.165) is 24.6 Å². The van der Waals surface area contributed by atoms with Crippen LogP contribution in [0.3, 0.4) is 0 Å². The van der Waals surface area contributed by atoms with Gasteiger partial charge in [0, 0.05) is 26.9 Å². The normalized spacial score (nSPS) is 13.5. The number of unbranched alkanes of at least 4 members (excludes halogenated alkanes) is 1. The molecule has 1 aliphatic heterocycles. The minimum atomic E-state index is -0.309. The van der Waals surface area contributed by atoms with Gasteiger partial charge in [-0.15, -0.1) is 0 Å². The summed E-state index contributed by atoms with van der Waals surface area (Å²) in [5, 5.41) is 1.92. The molecule has 3 aromatic rings. The number of carbonyl (C=O) groups excluding carboxylic acids is 2. The van der Waals surface area contributed by atoms with Crippen LogP contribution >= 0.6 is 11.6 Å². The maximum Gasteiger partial charge on any atom is 0.265 e. The second-order valence-corrected chi connectivity index (χ2v) is 6.95. The fraction of sp³-hybridized carbons (Fsp3) is 0.182. The van der Waals surface area contributed by atoms with Crippen molar-refractivity contribution in [3.8, 4) is 0 Å². The predicted octanol–water partition coefficient (Wildman–Crippen LogP) is 5.64. The van der Waals surface area contributed by atoms with Crippen LogP contribution in [0.4, 0.5) is 5.69 Å². The third-order valence-electron chi connectivity index (χ3n) is 4.87. The van der Waals surface area contributed by atoms with Gasteiger partial charge in [0.25, 0.3) is 11.8 Å². The maximum absolute atomic E-state index is 13.0. The summed E-state index contributed by atoms with van der Waals surface area (Å²) in [4.78, 5) is 27.3. The number of anilines is 1. The first kappa shape index (κ1) is 16.8. The smallest absolute Gasteiger partial charge is 0.265 e. The first-order valence-corrected chi connectivity index (χ1v) is 9.18. The number of rotatable bonds is 4. The Morgan fingerprint density at radius 1 is 0.885 bits per heavy atom. The maximum atomic E-state index is 13.0. The summed E-state index contributed by atoms with van der Waals surface area (Å²) in [5.41, 5.74) is 2.82. The van der Waals surface area contributed by atoms with Crippen LogP contribution in [0.2, 0.25) is 5.02 Å². The van der Waals surface area contributed by atoms with Crippen molar-refractivity contribution < 1.29 is 9.59 Å². The van der Waals surface area contributed by atoms with Gasteiger partial charge in [-0.2, -0.15) is 0 Å². The monoisotopic (exact) mass is 363 g/mol. The molecule has 0 N–H and O–H groups in total. The van der Waals surface area contributed by atoms with Crippen molar-refractivity contribution in [3.63, 3.8) is 0 Å². The van der Waals surface area contributed by atoms with E-state index in [9.17, 15) is 9.59 Å². The Hall–Kier alpha value is -2.65. The predicted molar refractivity (Wildman–Crippen MR) is 105 cm³/mol. The highest BCUT2D eigenvalue weighted by molar-refractivity contribution is 6.40. The van der Waals surface area contributed by atoms with Gasteiger partial charge < -0.3 is 0 Å². The van der Waals surface area contributed by atoms with Crippen molar-refractivity contribution in [1.29, 1.82) is 0 Å². The van der Waals surface area contributed by atoms with Gasteiger partial charge in [-0.25, -0.2) is 4.90 Å². The van der Waals surface area contributed by atoms with Crippen LogP contribution in [0.5, 0.6) is 0 Å². The number of benzene rings is 3. The van der Waals surface area contributed by atoms with Crippen LogP contribution in [0, 0.1) is 0 Å². The third-order valence-corrected chi connectivity index (χ3v) is 5.20. The number of amides is 2. The lowest BCUT2D eigenvalue weighted by Crippen LogP contribution is -2.40. The minimum Gasteiger partial charge on any atom is -0.268 e. The number of imide groups is 1. The zero-order chi connectivity index (χ0) is 18.3. The molecule has 0 bridgehead atoms. The molecule has 3 aromatic carbocycles. The molecule has 0 radical (unpaired) electrons. The van der Waals surface area contributed by atoms with Crippen LogP contribution < -0.4 is 4.90 Å². The van der Waals surface area contributed by atoms with Crippen LogP contribution in [0.1, 0.15) is 46.0 Å². The molecule has 0 aromatic heterocycles. The van der Waals surface area contributed by atoms with Crippen LogP contribution in [0.25, 0.3) is 10.8 Å². The Balaban J connectivity index is 1.79. The Labute approximate surface area is 157 Å². The molecular weight excluding hydrogens is 346 g/mol. The average Bonchev–Trinajstić information content (AvgIpc) is 2.66. The number of nitrogens with zero attached hydrogens (tertiary/aromatic N) is 1. The summed E-state index contributed by atoms with van der Waals surface area (Å²) >= 11 is 6.25. The van der Waals surface area contributed by atoms with E-state index < -0.39 is 0 Å². The Morgan fingerprint density at radius 2 is 1.58 bits per heavy atom.